The first-order valence-electron chi connectivity index (χ1n) is 10.8. The molecule has 0 bridgehead atoms. The van der Waals surface area contributed by atoms with Gasteiger partial charge < -0.3 is 9.47 Å². The van der Waals surface area contributed by atoms with Crippen LogP contribution < -0.4 is 0 Å². The van der Waals surface area contributed by atoms with E-state index in [1.165, 1.54) is 37.7 Å². The van der Waals surface area contributed by atoms with Gasteiger partial charge in [-0.25, -0.2) is 0 Å². The van der Waals surface area contributed by atoms with E-state index in [-0.39, 0.29) is 11.3 Å². The Labute approximate surface area is 168 Å². The molecule has 1 atom stereocenters. The summed E-state index contributed by atoms with van der Waals surface area (Å²) in [6.07, 6.45) is 8.72. The first kappa shape index (κ1) is 19.2. The molecular formula is C23H32N4O. The lowest BCUT2D eigenvalue weighted by atomic mass is 9.67. The lowest BCUT2D eigenvalue weighted by molar-refractivity contribution is -0.131. The fourth-order valence-corrected chi connectivity index (χ4v) is 5.19. The summed E-state index contributed by atoms with van der Waals surface area (Å²) in [6, 6.07) is 10.5. The molecule has 0 radical (unpaired) electrons. The molecule has 1 saturated heterocycles. The number of benzene rings is 1. The second kappa shape index (κ2) is 8.06. The molecule has 5 heteroatoms. The first-order valence-corrected chi connectivity index (χ1v) is 10.8. The van der Waals surface area contributed by atoms with E-state index in [1.807, 2.05) is 12.4 Å². The minimum Gasteiger partial charge on any atom is -0.341 e. The molecule has 1 aromatic heterocycles. The zero-order chi connectivity index (χ0) is 19.6. The summed E-state index contributed by atoms with van der Waals surface area (Å²) in [4.78, 5) is 15.0. The number of likely N-dealkylation sites (tertiary alicyclic amines) is 1. The SMILES string of the molecule is CC(C)CC(=O)N1CC(c2nncn2Cc2ccccc2)C2(CCCCC2)C1. The van der Waals surface area contributed by atoms with Gasteiger partial charge >= 0.3 is 0 Å². The summed E-state index contributed by atoms with van der Waals surface area (Å²) < 4.78 is 2.20. The smallest absolute Gasteiger partial charge is 0.222 e. The van der Waals surface area contributed by atoms with Crippen LogP contribution in [-0.4, -0.2) is 38.7 Å². The third-order valence-corrected chi connectivity index (χ3v) is 6.59. The second-order valence-corrected chi connectivity index (χ2v) is 9.15. The number of hydrogen-bond acceptors (Lipinski definition) is 3. The Morgan fingerprint density at radius 2 is 1.93 bits per heavy atom. The van der Waals surface area contributed by atoms with Crippen molar-refractivity contribution in [2.75, 3.05) is 13.1 Å². The first-order chi connectivity index (χ1) is 13.6. The summed E-state index contributed by atoms with van der Waals surface area (Å²) in [5.41, 5.74) is 1.43. The van der Waals surface area contributed by atoms with Gasteiger partial charge in [-0.2, -0.15) is 0 Å². The largest absolute Gasteiger partial charge is 0.341 e. The maximum atomic E-state index is 12.9. The molecule has 2 heterocycles. The van der Waals surface area contributed by atoms with Gasteiger partial charge in [0.15, 0.2) is 0 Å². The maximum absolute atomic E-state index is 12.9. The highest BCUT2D eigenvalue weighted by Crippen LogP contribution is 2.51. The molecule has 1 amide bonds. The number of amides is 1. The average Bonchev–Trinajstić information content (AvgIpc) is 3.27. The average molecular weight is 381 g/mol. The third-order valence-electron chi connectivity index (χ3n) is 6.59. The fourth-order valence-electron chi connectivity index (χ4n) is 5.19. The van der Waals surface area contributed by atoms with Crippen LogP contribution in [-0.2, 0) is 11.3 Å². The maximum Gasteiger partial charge on any atom is 0.222 e. The van der Waals surface area contributed by atoms with Crippen LogP contribution in [0.4, 0.5) is 0 Å². The highest BCUT2D eigenvalue weighted by Gasteiger charge is 2.50. The number of carbonyl (C=O) groups excluding carboxylic acids is 1. The number of carbonyl (C=O) groups is 1. The fraction of sp³-hybridized carbons (Fsp3) is 0.609. The molecule has 1 unspecified atom stereocenters. The summed E-state index contributed by atoms with van der Waals surface area (Å²) >= 11 is 0. The normalized spacial score (nSPS) is 21.5. The van der Waals surface area contributed by atoms with Gasteiger partial charge in [-0.1, -0.05) is 63.4 Å². The van der Waals surface area contributed by atoms with Crippen molar-refractivity contribution in [2.24, 2.45) is 11.3 Å². The Morgan fingerprint density at radius 3 is 2.64 bits per heavy atom. The van der Waals surface area contributed by atoms with Crippen LogP contribution in [0.25, 0.3) is 0 Å². The number of rotatable bonds is 5. The summed E-state index contributed by atoms with van der Waals surface area (Å²) in [6.45, 7) is 6.72. The topological polar surface area (TPSA) is 51.0 Å². The Balaban J connectivity index is 1.61. The van der Waals surface area contributed by atoms with Gasteiger partial charge in [-0.3, -0.25) is 4.79 Å². The van der Waals surface area contributed by atoms with Crippen molar-refractivity contribution < 1.29 is 4.79 Å². The molecule has 1 spiro atoms. The zero-order valence-electron chi connectivity index (χ0n) is 17.2. The van der Waals surface area contributed by atoms with Crippen LogP contribution in [0, 0.1) is 11.3 Å². The Morgan fingerprint density at radius 1 is 1.18 bits per heavy atom. The van der Waals surface area contributed by atoms with Crippen LogP contribution >= 0.6 is 0 Å². The van der Waals surface area contributed by atoms with Gasteiger partial charge in [-0.15, -0.1) is 10.2 Å². The van der Waals surface area contributed by atoms with Gasteiger partial charge in [0.05, 0.1) is 6.54 Å². The van der Waals surface area contributed by atoms with Crippen LogP contribution in [0.1, 0.15) is 69.7 Å². The molecule has 28 heavy (non-hydrogen) atoms. The van der Waals surface area contributed by atoms with Crippen molar-refractivity contribution in [1.82, 2.24) is 19.7 Å². The third kappa shape index (κ3) is 3.85. The van der Waals surface area contributed by atoms with Crippen molar-refractivity contribution in [3.05, 3.63) is 48.0 Å². The van der Waals surface area contributed by atoms with E-state index in [1.54, 1.807) is 0 Å². The minimum absolute atomic E-state index is 0.173. The highest BCUT2D eigenvalue weighted by molar-refractivity contribution is 5.77. The van der Waals surface area contributed by atoms with Gasteiger partial charge in [0, 0.05) is 25.4 Å². The molecule has 1 aliphatic heterocycles. The van der Waals surface area contributed by atoms with E-state index in [0.29, 0.717) is 18.2 Å². The van der Waals surface area contributed by atoms with Crippen molar-refractivity contribution in [3.8, 4) is 0 Å². The van der Waals surface area contributed by atoms with Crippen molar-refractivity contribution in [1.29, 1.82) is 0 Å². The zero-order valence-corrected chi connectivity index (χ0v) is 17.2. The molecule has 1 aliphatic carbocycles. The number of nitrogens with zero attached hydrogens (tertiary/aromatic N) is 4. The van der Waals surface area contributed by atoms with E-state index < -0.39 is 0 Å². The van der Waals surface area contributed by atoms with E-state index in [4.69, 9.17) is 0 Å². The molecule has 2 aromatic rings. The van der Waals surface area contributed by atoms with E-state index in [2.05, 4.69) is 57.8 Å². The van der Waals surface area contributed by atoms with Gasteiger partial charge in [0.1, 0.15) is 12.2 Å². The molecule has 0 N–H and O–H groups in total. The highest BCUT2D eigenvalue weighted by atomic mass is 16.2. The van der Waals surface area contributed by atoms with Crippen LogP contribution in [0.5, 0.6) is 0 Å². The standard InChI is InChI=1S/C23H32N4O/c1-18(2)13-21(28)26-15-20(23(16-26)11-7-4-8-12-23)22-25-24-17-27(22)14-19-9-5-3-6-10-19/h3,5-6,9-10,17-18,20H,4,7-8,11-16H2,1-2H3. The summed E-state index contributed by atoms with van der Waals surface area (Å²) in [5, 5.41) is 8.84. The van der Waals surface area contributed by atoms with Crippen molar-refractivity contribution in [3.63, 3.8) is 0 Å². The quantitative estimate of drug-likeness (QED) is 0.779. The van der Waals surface area contributed by atoms with E-state index in [9.17, 15) is 4.79 Å². The van der Waals surface area contributed by atoms with Crippen LogP contribution in [0.15, 0.2) is 36.7 Å². The Bertz CT molecular complexity index is 792. The molecule has 150 valence electrons. The lowest BCUT2D eigenvalue weighted by Crippen LogP contribution is -2.35. The number of aromatic nitrogens is 3. The Kier molecular flexibility index (Phi) is 5.51. The summed E-state index contributed by atoms with van der Waals surface area (Å²) in [7, 11) is 0. The van der Waals surface area contributed by atoms with E-state index >= 15 is 0 Å². The van der Waals surface area contributed by atoms with Gasteiger partial charge in [-0.05, 0) is 29.7 Å². The monoisotopic (exact) mass is 380 g/mol. The predicted octanol–water partition coefficient (Wildman–Crippen LogP) is 4.25. The van der Waals surface area contributed by atoms with Gasteiger partial charge in [0.2, 0.25) is 5.91 Å². The molecular weight excluding hydrogens is 348 g/mol. The molecule has 1 aromatic carbocycles. The predicted molar refractivity (Wildman–Crippen MR) is 110 cm³/mol. The number of hydrogen-bond donors (Lipinski definition) is 0. The van der Waals surface area contributed by atoms with Crippen LogP contribution in [0.2, 0.25) is 0 Å². The minimum atomic E-state index is 0.173. The van der Waals surface area contributed by atoms with Crippen molar-refractivity contribution >= 4 is 5.91 Å². The molecule has 2 fully saturated rings. The lowest BCUT2D eigenvalue weighted by Gasteiger charge is -2.37. The molecule has 4 rings (SSSR count). The molecule has 2 aliphatic rings. The van der Waals surface area contributed by atoms with E-state index in [0.717, 1.165) is 25.5 Å². The van der Waals surface area contributed by atoms with Gasteiger partial charge in [0.25, 0.3) is 0 Å². The van der Waals surface area contributed by atoms with Crippen molar-refractivity contribution in [2.45, 2.75) is 64.8 Å². The Hall–Kier alpha value is -2.17. The summed E-state index contributed by atoms with van der Waals surface area (Å²) in [5.74, 6) is 2.05. The second-order valence-electron chi connectivity index (χ2n) is 9.15. The molecule has 5 nitrogen and oxygen atoms in total. The molecule has 1 saturated carbocycles. The van der Waals surface area contributed by atoms with Crippen LogP contribution in [0.3, 0.4) is 0 Å².